The van der Waals surface area contributed by atoms with Crippen LogP contribution in [0.2, 0.25) is 0 Å². The van der Waals surface area contributed by atoms with E-state index in [1.165, 1.54) is 0 Å². The fourth-order valence-electron chi connectivity index (χ4n) is 3.40. The third kappa shape index (κ3) is 4.11. The molecule has 3 heterocycles. The Labute approximate surface area is 163 Å². The molecule has 0 bridgehead atoms. The van der Waals surface area contributed by atoms with E-state index in [0.29, 0.717) is 25.2 Å². The van der Waals surface area contributed by atoms with E-state index in [9.17, 15) is 9.90 Å². The first-order valence-electron chi connectivity index (χ1n) is 9.40. The second kappa shape index (κ2) is 8.33. The van der Waals surface area contributed by atoms with Crippen LogP contribution in [0, 0.1) is 0 Å². The molecule has 1 aromatic carbocycles. The number of aromatic nitrogens is 3. The number of imidazole rings is 1. The Balaban J connectivity index is 1.31. The molecular formula is C21H23N5O2. The van der Waals surface area contributed by atoms with Crippen molar-refractivity contribution in [2.24, 2.45) is 0 Å². The van der Waals surface area contributed by atoms with Crippen LogP contribution in [0.1, 0.15) is 22.0 Å². The lowest BCUT2D eigenvalue weighted by molar-refractivity contribution is 0.0527. The van der Waals surface area contributed by atoms with Crippen LogP contribution in [-0.4, -0.2) is 68.1 Å². The summed E-state index contributed by atoms with van der Waals surface area (Å²) >= 11 is 0. The van der Waals surface area contributed by atoms with Crippen LogP contribution in [0.4, 0.5) is 0 Å². The molecule has 144 valence electrons. The van der Waals surface area contributed by atoms with Gasteiger partial charge in [-0.25, -0.2) is 9.97 Å². The number of hydrogen-bond donors (Lipinski definition) is 1. The summed E-state index contributed by atoms with van der Waals surface area (Å²) in [5.41, 5.74) is 1.51. The average Bonchev–Trinajstić information content (AvgIpc) is 3.29. The molecule has 1 aliphatic rings. The van der Waals surface area contributed by atoms with Gasteiger partial charge in [-0.1, -0.05) is 30.3 Å². The normalized spacial score (nSPS) is 16.1. The lowest BCUT2D eigenvalue weighted by atomic mass is 10.1. The van der Waals surface area contributed by atoms with Gasteiger partial charge in [-0.15, -0.1) is 0 Å². The molecule has 28 heavy (non-hydrogen) atoms. The quantitative estimate of drug-likeness (QED) is 0.733. The number of nitrogens with zero attached hydrogens (tertiary/aromatic N) is 5. The number of pyridine rings is 1. The second-order valence-corrected chi connectivity index (χ2v) is 6.89. The van der Waals surface area contributed by atoms with Crippen LogP contribution in [-0.2, 0) is 0 Å². The van der Waals surface area contributed by atoms with Gasteiger partial charge in [0.05, 0.1) is 11.7 Å². The van der Waals surface area contributed by atoms with Gasteiger partial charge >= 0.3 is 0 Å². The summed E-state index contributed by atoms with van der Waals surface area (Å²) in [7, 11) is 0. The van der Waals surface area contributed by atoms with Gasteiger partial charge in [0.15, 0.2) is 0 Å². The second-order valence-electron chi connectivity index (χ2n) is 6.89. The molecule has 7 heteroatoms. The van der Waals surface area contributed by atoms with Crippen molar-refractivity contribution < 1.29 is 9.90 Å². The third-order valence-corrected chi connectivity index (χ3v) is 5.04. The zero-order chi connectivity index (χ0) is 19.3. The largest absolute Gasteiger partial charge is 0.387 e. The lowest BCUT2D eigenvalue weighted by Gasteiger charge is -2.35. The minimum atomic E-state index is -0.511. The van der Waals surface area contributed by atoms with Gasteiger partial charge in [-0.2, -0.15) is 0 Å². The summed E-state index contributed by atoms with van der Waals surface area (Å²) in [6.45, 7) is 3.35. The highest BCUT2D eigenvalue weighted by Crippen LogP contribution is 2.16. The van der Waals surface area contributed by atoms with E-state index in [1.807, 2.05) is 47.5 Å². The Morgan fingerprint density at radius 3 is 2.50 bits per heavy atom. The van der Waals surface area contributed by atoms with Gasteiger partial charge in [0.1, 0.15) is 12.1 Å². The molecule has 0 radical (unpaired) electrons. The first-order valence-corrected chi connectivity index (χ1v) is 9.40. The highest BCUT2D eigenvalue weighted by molar-refractivity contribution is 5.94. The Kier molecular flexibility index (Phi) is 5.45. The van der Waals surface area contributed by atoms with E-state index in [2.05, 4.69) is 14.9 Å². The summed E-state index contributed by atoms with van der Waals surface area (Å²) in [5, 5.41) is 10.4. The number of aliphatic hydroxyl groups is 1. The SMILES string of the molecule is O=C(c1ccc(-n2ccnc2)nc1)N1CCN(CC(O)c2ccccc2)CC1. The van der Waals surface area contributed by atoms with Gasteiger partial charge in [0, 0.05) is 51.3 Å². The molecule has 1 amide bonds. The maximum absolute atomic E-state index is 12.7. The van der Waals surface area contributed by atoms with Crippen molar-refractivity contribution in [2.75, 3.05) is 32.7 Å². The van der Waals surface area contributed by atoms with Crippen LogP contribution in [0.5, 0.6) is 0 Å². The number of benzene rings is 1. The van der Waals surface area contributed by atoms with Gasteiger partial charge in [0.2, 0.25) is 0 Å². The van der Waals surface area contributed by atoms with Gasteiger partial charge < -0.3 is 10.0 Å². The van der Waals surface area contributed by atoms with E-state index >= 15 is 0 Å². The first kappa shape index (κ1) is 18.3. The number of rotatable bonds is 5. The minimum Gasteiger partial charge on any atom is -0.387 e. The Morgan fingerprint density at radius 1 is 1.07 bits per heavy atom. The van der Waals surface area contributed by atoms with Gasteiger partial charge in [0.25, 0.3) is 5.91 Å². The summed E-state index contributed by atoms with van der Waals surface area (Å²) < 4.78 is 1.80. The topological polar surface area (TPSA) is 74.5 Å². The highest BCUT2D eigenvalue weighted by atomic mass is 16.3. The summed E-state index contributed by atoms with van der Waals surface area (Å²) in [5.74, 6) is 0.724. The summed E-state index contributed by atoms with van der Waals surface area (Å²) in [4.78, 5) is 25.1. The number of piperazine rings is 1. The number of β-amino-alcohol motifs (C(OH)–C–C–N with tert-alkyl or cyclic N) is 1. The highest BCUT2D eigenvalue weighted by Gasteiger charge is 2.24. The summed E-state index contributed by atoms with van der Waals surface area (Å²) in [6.07, 6.45) is 6.28. The van der Waals surface area contributed by atoms with Crippen LogP contribution in [0.15, 0.2) is 67.4 Å². The molecule has 3 aromatic rings. The van der Waals surface area contributed by atoms with Crippen LogP contribution < -0.4 is 0 Å². The smallest absolute Gasteiger partial charge is 0.255 e. The summed E-state index contributed by atoms with van der Waals surface area (Å²) in [6, 6.07) is 13.3. The van der Waals surface area contributed by atoms with Crippen molar-refractivity contribution in [1.29, 1.82) is 0 Å². The Morgan fingerprint density at radius 2 is 1.86 bits per heavy atom. The van der Waals surface area contributed by atoms with Crippen LogP contribution >= 0.6 is 0 Å². The van der Waals surface area contributed by atoms with Crippen molar-refractivity contribution in [2.45, 2.75) is 6.10 Å². The molecule has 1 N–H and O–H groups in total. The van der Waals surface area contributed by atoms with Crippen molar-refractivity contribution >= 4 is 5.91 Å². The predicted molar refractivity (Wildman–Crippen MR) is 105 cm³/mol. The van der Waals surface area contributed by atoms with Crippen molar-refractivity contribution in [3.8, 4) is 5.82 Å². The molecule has 7 nitrogen and oxygen atoms in total. The van der Waals surface area contributed by atoms with E-state index in [1.54, 1.807) is 29.4 Å². The number of aliphatic hydroxyl groups excluding tert-OH is 1. The Bertz CT molecular complexity index is 888. The lowest BCUT2D eigenvalue weighted by Crippen LogP contribution is -2.49. The molecule has 4 rings (SSSR count). The first-order chi connectivity index (χ1) is 13.7. The van der Waals surface area contributed by atoms with E-state index in [0.717, 1.165) is 24.5 Å². The van der Waals surface area contributed by atoms with Crippen LogP contribution in [0.3, 0.4) is 0 Å². The van der Waals surface area contributed by atoms with E-state index < -0.39 is 6.10 Å². The fourth-order valence-corrected chi connectivity index (χ4v) is 3.40. The monoisotopic (exact) mass is 377 g/mol. The van der Waals surface area contributed by atoms with Gasteiger partial charge in [-0.3, -0.25) is 14.3 Å². The molecule has 0 aliphatic carbocycles. The molecule has 0 spiro atoms. The number of carbonyl (C=O) groups excluding carboxylic acids is 1. The molecule has 1 atom stereocenters. The van der Waals surface area contributed by atoms with Crippen molar-refractivity contribution in [3.05, 3.63) is 78.5 Å². The van der Waals surface area contributed by atoms with E-state index in [4.69, 9.17) is 0 Å². The molecule has 1 saturated heterocycles. The van der Waals surface area contributed by atoms with Crippen LogP contribution in [0.25, 0.3) is 5.82 Å². The number of carbonyl (C=O) groups is 1. The molecule has 1 aliphatic heterocycles. The fraction of sp³-hybridized carbons (Fsp3) is 0.286. The molecule has 0 saturated carbocycles. The average molecular weight is 377 g/mol. The zero-order valence-corrected chi connectivity index (χ0v) is 15.6. The standard InChI is InChI=1S/C21H23N5O2/c27-19(17-4-2-1-3-5-17)15-24-10-12-25(13-11-24)21(28)18-6-7-20(23-14-18)26-9-8-22-16-26/h1-9,14,16,19,27H,10-13,15H2. The molecule has 2 aromatic heterocycles. The number of amides is 1. The van der Waals surface area contributed by atoms with Gasteiger partial charge in [-0.05, 0) is 17.7 Å². The van der Waals surface area contributed by atoms with E-state index in [-0.39, 0.29) is 5.91 Å². The van der Waals surface area contributed by atoms with Crippen molar-refractivity contribution in [1.82, 2.24) is 24.3 Å². The minimum absolute atomic E-state index is 0.00654. The predicted octanol–water partition coefficient (Wildman–Crippen LogP) is 1.76. The van der Waals surface area contributed by atoms with Crippen molar-refractivity contribution in [3.63, 3.8) is 0 Å². The maximum atomic E-state index is 12.7. The number of hydrogen-bond acceptors (Lipinski definition) is 5. The Hall–Kier alpha value is -3.03. The zero-order valence-electron chi connectivity index (χ0n) is 15.6. The molecule has 1 unspecified atom stereocenters. The molecular weight excluding hydrogens is 354 g/mol. The maximum Gasteiger partial charge on any atom is 0.255 e. The third-order valence-electron chi connectivity index (χ3n) is 5.04. The molecule has 1 fully saturated rings.